The Hall–Kier alpha value is -0.400. The highest BCUT2D eigenvalue weighted by Crippen LogP contribution is 2.34. The fourth-order valence-electron chi connectivity index (χ4n) is 1.21. The van der Waals surface area contributed by atoms with Crippen LogP contribution in [-0.2, 0) is 0 Å². The molecule has 62 valence electrons. The van der Waals surface area contributed by atoms with Crippen molar-refractivity contribution in [3.8, 4) is 0 Å². The summed E-state index contributed by atoms with van der Waals surface area (Å²) in [6.45, 7) is 0. The van der Waals surface area contributed by atoms with Crippen molar-refractivity contribution in [2.75, 3.05) is 0 Å². The number of halogens is 1. The summed E-state index contributed by atoms with van der Waals surface area (Å²) in [6.07, 6.45) is 5.22. The summed E-state index contributed by atoms with van der Waals surface area (Å²) in [7, 11) is 0. The van der Waals surface area contributed by atoms with Gasteiger partial charge in [-0.05, 0) is 18.1 Å². The van der Waals surface area contributed by atoms with Gasteiger partial charge < -0.3 is 0 Å². The number of fused-ring (bicyclic) bond motifs is 1. The van der Waals surface area contributed by atoms with Gasteiger partial charge in [0, 0.05) is 4.90 Å². The number of hydrogen-bond donors (Lipinski definition) is 0. The second kappa shape index (κ2) is 3.55. The second-order valence-electron chi connectivity index (χ2n) is 2.70. The Kier molecular flexibility index (Phi) is 2.43. The highest BCUT2D eigenvalue weighted by atomic mass is 35.5. The molecule has 1 unspecified atom stereocenters. The zero-order valence-electron chi connectivity index (χ0n) is 6.53. The van der Waals surface area contributed by atoms with Gasteiger partial charge in [-0.15, -0.1) is 23.4 Å². The molecule has 1 atom stereocenters. The molecule has 2 rings (SSSR count). The molecule has 0 aliphatic carbocycles. The van der Waals surface area contributed by atoms with Crippen LogP contribution in [0.4, 0.5) is 0 Å². The first-order chi connectivity index (χ1) is 5.86. The molecule has 1 aliphatic heterocycles. The highest BCUT2D eigenvalue weighted by Gasteiger charge is 2.10. The van der Waals surface area contributed by atoms with E-state index < -0.39 is 0 Å². The molecule has 0 bridgehead atoms. The molecule has 0 N–H and O–H groups in total. The van der Waals surface area contributed by atoms with Crippen molar-refractivity contribution >= 4 is 29.4 Å². The lowest BCUT2D eigenvalue weighted by molar-refractivity contribution is 1.18. The molecule has 0 saturated carbocycles. The van der Waals surface area contributed by atoms with E-state index in [9.17, 15) is 0 Å². The molecule has 12 heavy (non-hydrogen) atoms. The SMILES string of the molecule is ClC1CC=Cc2ccccc2S1. The smallest absolute Gasteiger partial charge is 0.0870 e. The van der Waals surface area contributed by atoms with Gasteiger partial charge in [-0.2, -0.15) is 0 Å². The number of benzene rings is 1. The molecule has 0 radical (unpaired) electrons. The summed E-state index contributed by atoms with van der Waals surface area (Å²) < 4.78 is 0.185. The van der Waals surface area contributed by atoms with Gasteiger partial charge in [0.15, 0.2) is 0 Å². The van der Waals surface area contributed by atoms with E-state index in [0.29, 0.717) is 0 Å². The predicted octanol–water partition coefficient (Wildman–Crippen LogP) is 3.76. The minimum absolute atomic E-state index is 0.185. The number of thioether (sulfide) groups is 1. The number of alkyl halides is 1. The minimum Gasteiger partial charge on any atom is -0.110 e. The third kappa shape index (κ3) is 1.67. The van der Waals surface area contributed by atoms with Gasteiger partial charge >= 0.3 is 0 Å². The van der Waals surface area contributed by atoms with E-state index in [4.69, 9.17) is 11.6 Å². The van der Waals surface area contributed by atoms with Crippen LogP contribution >= 0.6 is 23.4 Å². The van der Waals surface area contributed by atoms with Gasteiger partial charge in [-0.1, -0.05) is 30.4 Å². The van der Waals surface area contributed by atoms with Crippen LogP contribution in [0.25, 0.3) is 6.08 Å². The van der Waals surface area contributed by atoms with E-state index in [2.05, 4.69) is 36.4 Å². The van der Waals surface area contributed by atoms with E-state index in [1.165, 1.54) is 10.5 Å². The van der Waals surface area contributed by atoms with Crippen LogP contribution in [0.3, 0.4) is 0 Å². The molecule has 1 aliphatic rings. The minimum atomic E-state index is 0.185. The summed E-state index contributed by atoms with van der Waals surface area (Å²) in [4.78, 5) is 1.28. The highest BCUT2D eigenvalue weighted by molar-refractivity contribution is 8.01. The Balaban J connectivity index is 2.41. The number of allylic oxidation sites excluding steroid dienone is 1. The molecule has 0 amide bonds. The maximum atomic E-state index is 6.06. The quantitative estimate of drug-likeness (QED) is 0.570. The molecule has 0 saturated heterocycles. The van der Waals surface area contributed by atoms with Crippen LogP contribution in [0.5, 0.6) is 0 Å². The van der Waals surface area contributed by atoms with Crippen LogP contribution in [0.2, 0.25) is 0 Å². The molecule has 0 fully saturated rings. The maximum absolute atomic E-state index is 6.06. The standard InChI is InChI=1S/C10H9ClS/c11-10-7-3-5-8-4-1-2-6-9(8)12-10/h1-6,10H,7H2. The van der Waals surface area contributed by atoms with E-state index in [0.717, 1.165) is 6.42 Å². The number of hydrogen-bond acceptors (Lipinski definition) is 1. The lowest BCUT2D eigenvalue weighted by atomic mass is 10.2. The zero-order valence-corrected chi connectivity index (χ0v) is 8.11. The third-order valence-electron chi connectivity index (χ3n) is 1.79. The van der Waals surface area contributed by atoms with Gasteiger partial charge in [0.1, 0.15) is 0 Å². The van der Waals surface area contributed by atoms with E-state index in [1.54, 1.807) is 11.8 Å². The maximum Gasteiger partial charge on any atom is 0.0870 e. The molecule has 1 heterocycles. The summed E-state index contributed by atoms with van der Waals surface area (Å²) in [5.41, 5.74) is 1.28. The van der Waals surface area contributed by atoms with Crippen molar-refractivity contribution in [1.29, 1.82) is 0 Å². The molecular formula is C10H9ClS. The zero-order chi connectivity index (χ0) is 8.39. The molecule has 0 spiro atoms. The van der Waals surface area contributed by atoms with Crippen molar-refractivity contribution in [3.63, 3.8) is 0 Å². The van der Waals surface area contributed by atoms with Crippen LogP contribution in [0, 0.1) is 0 Å². The average molecular weight is 197 g/mol. The fourth-order valence-corrected chi connectivity index (χ4v) is 2.52. The molecular weight excluding hydrogens is 188 g/mol. The monoisotopic (exact) mass is 196 g/mol. The Morgan fingerprint density at radius 1 is 1.33 bits per heavy atom. The van der Waals surface area contributed by atoms with E-state index in [-0.39, 0.29) is 4.71 Å². The Bertz CT molecular complexity index is 306. The summed E-state index contributed by atoms with van der Waals surface area (Å²) >= 11 is 7.80. The van der Waals surface area contributed by atoms with Gasteiger partial charge in [0.25, 0.3) is 0 Å². The van der Waals surface area contributed by atoms with Crippen molar-refractivity contribution in [2.24, 2.45) is 0 Å². The van der Waals surface area contributed by atoms with Crippen LogP contribution < -0.4 is 0 Å². The molecule has 0 aromatic heterocycles. The first-order valence-electron chi connectivity index (χ1n) is 3.92. The lowest BCUT2D eigenvalue weighted by Crippen LogP contribution is -1.86. The Labute approximate surface area is 81.6 Å². The molecule has 1 aromatic carbocycles. The molecule has 2 heteroatoms. The van der Waals surface area contributed by atoms with Gasteiger partial charge in [0.05, 0.1) is 4.71 Å². The van der Waals surface area contributed by atoms with Crippen molar-refractivity contribution < 1.29 is 0 Å². The summed E-state index contributed by atoms with van der Waals surface area (Å²) in [5, 5.41) is 0. The fraction of sp³-hybridized carbons (Fsp3) is 0.200. The van der Waals surface area contributed by atoms with Crippen molar-refractivity contribution in [1.82, 2.24) is 0 Å². The van der Waals surface area contributed by atoms with Gasteiger partial charge in [0.2, 0.25) is 0 Å². The normalized spacial score (nSPS) is 21.6. The van der Waals surface area contributed by atoms with Gasteiger partial charge in [-0.25, -0.2) is 0 Å². The largest absolute Gasteiger partial charge is 0.110 e. The van der Waals surface area contributed by atoms with Crippen LogP contribution in [0.15, 0.2) is 35.2 Å². The predicted molar refractivity (Wildman–Crippen MR) is 55.6 cm³/mol. The first kappa shape index (κ1) is 8.21. The second-order valence-corrected chi connectivity index (χ2v) is 4.73. The molecule has 1 aromatic rings. The van der Waals surface area contributed by atoms with Gasteiger partial charge in [-0.3, -0.25) is 0 Å². The summed E-state index contributed by atoms with van der Waals surface area (Å²) in [5.74, 6) is 0. The first-order valence-corrected chi connectivity index (χ1v) is 5.24. The van der Waals surface area contributed by atoms with Crippen LogP contribution in [-0.4, -0.2) is 4.71 Å². The van der Waals surface area contributed by atoms with E-state index in [1.807, 2.05) is 0 Å². The molecule has 0 nitrogen and oxygen atoms in total. The van der Waals surface area contributed by atoms with Crippen LogP contribution in [0.1, 0.15) is 12.0 Å². The summed E-state index contributed by atoms with van der Waals surface area (Å²) in [6, 6.07) is 8.34. The average Bonchev–Trinajstić information content (AvgIpc) is 2.25. The van der Waals surface area contributed by atoms with E-state index >= 15 is 0 Å². The number of rotatable bonds is 0. The van der Waals surface area contributed by atoms with Crippen molar-refractivity contribution in [3.05, 3.63) is 35.9 Å². The third-order valence-corrected chi connectivity index (χ3v) is 3.31. The lowest BCUT2D eigenvalue weighted by Gasteiger charge is -2.05. The van der Waals surface area contributed by atoms with Crippen molar-refractivity contribution in [2.45, 2.75) is 16.0 Å². The Morgan fingerprint density at radius 2 is 2.17 bits per heavy atom. The Morgan fingerprint density at radius 3 is 3.08 bits per heavy atom. The topological polar surface area (TPSA) is 0 Å².